The molecular formula is C18H34N2O. The summed E-state index contributed by atoms with van der Waals surface area (Å²) in [6, 6.07) is 1.24. The zero-order valence-corrected chi connectivity index (χ0v) is 14.8. The van der Waals surface area contributed by atoms with Gasteiger partial charge in [-0.2, -0.15) is 0 Å². The molecule has 0 aromatic rings. The third kappa shape index (κ3) is 2.89. The summed E-state index contributed by atoms with van der Waals surface area (Å²) in [7, 11) is 0. The van der Waals surface area contributed by atoms with Crippen LogP contribution in [0.1, 0.15) is 67.2 Å². The fourth-order valence-corrected chi connectivity index (χ4v) is 5.55. The van der Waals surface area contributed by atoms with Crippen molar-refractivity contribution in [1.82, 2.24) is 10.6 Å². The zero-order valence-electron chi connectivity index (χ0n) is 14.8. The van der Waals surface area contributed by atoms with E-state index in [1.807, 2.05) is 0 Å². The Labute approximate surface area is 130 Å². The highest BCUT2D eigenvalue weighted by Crippen LogP contribution is 2.51. The van der Waals surface area contributed by atoms with Gasteiger partial charge in [-0.05, 0) is 53.4 Å². The molecule has 3 atom stereocenters. The number of hydrogen-bond acceptors (Lipinski definition) is 3. The van der Waals surface area contributed by atoms with Gasteiger partial charge in [-0.25, -0.2) is 0 Å². The smallest absolute Gasteiger partial charge is 0.0684 e. The van der Waals surface area contributed by atoms with E-state index in [4.69, 9.17) is 4.74 Å². The quantitative estimate of drug-likeness (QED) is 0.821. The van der Waals surface area contributed by atoms with E-state index in [1.165, 1.54) is 25.7 Å². The largest absolute Gasteiger partial charge is 0.377 e. The molecule has 1 aliphatic carbocycles. The zero-order chi connectivity index (χ0) is 15.5. The molecule has 3 heteroatoms. The minimum absolute atomic E-state index is 0.218. The minimum atomic E-state index is 0.218. The summed E-state index contributed by atoms with van der Waals surface area (Å²) in [5.74, 6) is 0.731. The van der Waals surface area contributed by atoms with Gasteiger partial charge in [-0.3, -0.25) is 0 Å². The molecule has 0 bridgehead atoms. The average Bonchev–Trinajstić information content (AvgIpc) is 2.32. The second kappa shape index (κ2) is 4.94. The number of rotatable bonds is 2. The number of nitrogens with one attached hydrogen (secondary N) is 2. The molecule has 3 fully saturated rings. The number of piperidine rings is 1. The Bertz CT molecular complexity index is 386. The highest BCUT2D eigenvalue weighted by atomic mass is 16.5. The molecule has 0 aromatic heterocycles. The maximum absolute atomic E-state index is 6.04. The van der Waals surface area contributed by atoms with E-state index in [2.05, 4.69) is 52.2 Å². The lowest BCUT2D eigenvalue weighted by Crippen LogP contribution is -2.72. The second-order valence-electron chi connectivity index (χ2n) is 9.56. The molecule has 2 heterocycles. The summed E-state index contributed by atoms with van der Waals surface area (Å²) in [5.41, 5.74) is 0.718. The summed E-state index contributed by atoms with van der Waals surface area (Å²) >= 11 is 0. The van der Waals surface area contributed by atoms with E-state index in [1.54, 1.807) is 0 Å². The Morgan fingerprint density at radius 2 is 1.62 bits per heavy atom. The second-order valence-corrected chi connectivity index (χ2v) is 9.56. The lowest BCUT2D eigenvalue weighted by molar-refractivity contribution is -0.195. The fourth-order valence-electron chi connectivity index (χ4n) is 5.55. The molecule has 0 radical (unpaired) electrons. The van der Waals surface area contributed by atoms with E-state index in [0.29, 0.717) is 18.2 Å². The molecule has 21 heavy (non-hydrogen) atoms. The van der Waals surface area contributed by atoms with Crippen LogP contribution in [0.3, 0.4) is 0 Å². The van der Waals surface area contributed by atoms with Gasteiger partial charge in [-0.1, -0.05) is 13.8 Å². The van der Waals surface area contributed by atoms with Gasteiger partial charge in [0, 0.05) is 41.1 Å². The van der Waals surface area contributed by atoms with Crippen molar-refractivity contribution < 1.29 is 4.74 Å². The molecule has 3 unspecified atom stereocenters. The molecule has 2 aliphatic heterocycles. The monoisotopic (exact) mass is 294 g/mol. The van der Waals surface area contributed by atoms with E-state index in [0.717, 1.165) is 12.5 Å². The third-order valence-electron chi connectivity index (χ3n) is 5.94. The number of hydrogen-bond donors (Lipinski definition) is 2. The summed E-state index contributed by atoms with van der Waals surface area (Å²) in [6.45, 7) is 15.1. The molecule has 2 N–H and O–H groups in total. The molecule has 1 saturated carbocycles. The Morgan fingerprint density at radius 1 is 1.00 bits per heavy atom. The number of ether oxygens (including phenoxy) is 1. The van der Waals surface area contributed by atoms with Crippen LogP contribution in [0.25, 0.3) is 0 Å². The molecule has 0 spiro atoms. The molecule has 0 aromatic carbocycles. The highest BCUT2D eigenvalue weighted by Gasteiger charge is 2.58. The third-order valence-corrected chi connectivity index (χ3v) is 5.94. The summed E-state index contributed by atoms with van der Waals surface area (Å²) in [4.78, 5) is 0. The van der Waals surface area contributed by atoms with Crippen molar-refractivity contribution in [2.24, 2.45) is 11.3 Å². The van der Waals surface area contributed by atoms with Crippen LogP contribution in [0.5, 0.6) is 0 Å². The van der Waals surface area contributed by atoms with Gasteiger partial charge in [0.05, 0.1) is 6.10 Å². The molecular weight excluding hydrogens is 260 g/mol. The summed E-state index contributed by atoms with van der Waals surface area (Å²) in [6.07, 6.45) is 5.47. The predicted molar refractivity (Wildman–Crippen MR) is 87.5 cm³/mol. The molecule has 0 amide bonds. The molecule has 122 valence electrons. The van der Waals surface area contributed by atoms with Crippen molar-refractivity contribution in [3.63, 3.8) is 0 Å². The Hall–Kier alpha value is -0.120. The Morgan fingerprint density at radius 3 is 2.24 bits per heavy atom. The van der Waals surface area contributed by atoms with Crippen molar-refractivity contribution in [1.29, 1.82) is 0 Å². The first-order valence-electron chi connectivity index (χ1n) is 8.78. The van der Waals surface area contributed by atoms with E-state index < -0.39 is 0 Å². The first-order valence-corrected chi connectivity index (χ1v) is 8.78. The molecule has 3 aliphatic rings. The molecule has 3 rings (SSSR count). The Balaban J connectivity index is 1.68. The van der Waals surface area contributed by atoms with Crippen LogP contribution >= 0.6 is 0 Å². The standard InChI is InChI=1S/C18H34N2O/c1-16(2)10-12(11-17(3,4)20-16)19-14-13-8-7-9-21-15(13)18(14,5)6/h12-15,19-20H,7-11H2,1-6H3. The van der Waals surface area contributed by atoms with Crippen LogP contribution in [0.2, 0.25) is 0 Å². The SMILES string of the molecule is CC1(C)CC(NC2C3CCCOC3C2(C)C)CC(C)(C)N1. The van der Waals surface area contributed by atoms with Gasteiger partial charge >= 0.3 is 0 Å². The average molecular weight is 294 g/mol. The lowest BCUT2D eigenvalue weighted by Gasteiger charge is -2.61. The van der Waals surface area contributed by atoms with Crippen LogP contribution in [0, 0.1) is 11.3 Å². The maximum atomic E-state index is 6.04. The van der Waals surface area contributed by atoms with Gasteiger partial charge < -0.3 is 15.4 Å². The number of fused-ring (bicyclic) bond motifs is 1. The lowest BCUT2D eigenvalue weighted by atomic mass is 9.55. The highest BCUT2D eigenvalue weighted by molar-refractivity contribution is 5.12. The predicted octanol–water partition coefficient (Wildman–Crippen LogP) is 3.09. The van der Waals surface area contributed by atoms with Crippen LogP contribution in [0.15, 0.2) is 0 Å². The van der Waals surface area contributed by atoms with Crippen LogP contribution < -0.4 is 10.6 Å². The van der Waals surface area contributed by atoms with Crippen molar-refractivity contribution in [2.75, 3.05) is 6.61 Å². The van der Waals surface area contributed by atoms with E-state index in [9.17, 15) is 0 Å². The van der Waals surface area contributed by atoms with E-state index >= 15 is 0 Å². The van der Waals surface area contributed by atoms with Gasteiger partial charge in [0.1, 0.15) is 0 Å². The van der Waals surface area contributed by atoms with Crippen molar-refractivity contribution in [3.05, 3.63) is 0 Å². The van der Waals surface area contributed by atoms with Crippen molar-refractivity contribution >= 4 is 0 Å². The first-order chi connectivity index (χ1) is 9.61. The minimum Gasteiger partial charge on any atom is -0.377 e. The maximum Gasteiger partial charge on any atom is 0.0684 e. The van der Waals surface area contributed by atoms with Gasteiger partial charge in [0.25, 0.3) is 0 Å². The van der Waals surface area contributed by atoms with Gasteiger partial charge in [0.15, 0.2) is 0 Å². The van der Waals surface area contributed by atoms with Crippen LogP contribution in [-0.2, 0) is 4.74 Å². The topological polar surface area (TPSA) is 33.3 Å². The normalized spacial score (nSPS) is 41.1. The van der Waals surface area contributed by atoms with Crippen LogP contribution in [0.4, 0.5) is 0 Å². The van der Waals surface area contributed by atoms with Crippen molar-refractivity contribution in [3.8, 4) is 0 Å². The van der Waals surface area contributed by atoms with Crippen molar-refractivity contribution in [2.45, 2.75) is 96.5 Å². The Kier molecular flexibility index (Phi) is 3.71. The van der Waals surface area contributed by atoms with E-state index in [-0.39, 0.29) is 16.5 Å². The summed E-state index contributed by atoms with van der Waals surface area (Å²) in [5, 5.41) is 7.82. The van der Waals surface area contributed by atoms with Gasteiger partial charge in [-0.15, -0.1) is 0 Å². The molecule has 2 saturated heterocycles. The van der Waals surface area contributed by atoms with Crippen LogP contribution in [-0.4, -0.2) is 35.9 Å². The van der Waals surface area contributed by atoms with Gasteiger partial charge in [0.2, 0.25) is 0 Å². The summed E-state index contributed by atoms with van der Waals surface area (Å²) < 4.78 is 6.04. The fraction of sp³-hybridized carbons (Fsp3) is 1.00. The molecule has 3 nitrogen and oxygen atoms in total. The first kappa shape index (κ1) is 15.8.